The highest BCUT2D eigenvalue weighted by Gasteiger charge is 2.08. The first-order valence-corrected chi connectivity index (χ1v) is 8.41. The minimum Gasteiger partial charge on any atom is -0.434 e. The summed E-state index contributed by atoms with van der Waals surface area (Å²) in [5.74, 6) is -1.09. The molecule has 0 aliphatic carbocycles. The first-order valence-electron chi connectivity index (χ1n) is 8.41. The summed E-state index contributed by atoms with van der Waals surface area (Å²) in [7, 11) is 0. The summed E-state index contributed by atoms with van der Waals surface area (Å²) in [4.78, 5) is 23.2. The fourth-order valence-electron chi connectivity index (χ4n) is 2.47. The fourth-order valence-corrected chi connectivity index (χ4v) is 2.47. The molecule has 0 unspecified atom stereocenters. The lowest BCUT2D eigenvalue weighted by Gasteiger charge is -2.07. The third-order valence-electron chi connectivity index (χ3n) is 3.79. The van der Waals surface area contributed by atoms with Crippen LogP contribution < -0.4 is 15.8 Å². The molecular formula is C20H16F2N4O3. The Morgan fingerprint density at radius 3 is 2.48 bits per heavy atom. The molecule has 2 amide bonds. The van der Waals surface area contributed by atoms with Gasteiger partial charge >= 0.3 is 6.61 Å². The monoisotopic (exact) mass is 398 g/mol. The number of benzene rings is 2. The highest BCUT2D eigenvalue weighted by Crippen LogP contribution is 2.21. The number of carbonyl (C=O) groups is 2. The number of alkyl halides is 2. The molecule has 0 saturated carbocycles. The second-order valence-corrected chi connectivity index (χ2v) is 5.80. The molecule has 0 spiro atoms. The van der Waals surface area contributed by atoms with Crippen molar-refractivity contribution in [2.45, 2.75) is 6.61 Å². The molecule has 0 aliphatic rings. The Balaban J connectivity index is 1.65. The largest absolute Gasteiger partial charge is 0.434 e. The van der Waals surface area contributed by atoms with Crippen molar-refractivity contribution < 1.29 is 23.1 Å². The molecular weight excluding hydrogens is 382 g/mol. The van der Waals surface area contributed by atoms with Crippen molar-refractivity contribution in [3.05, 3.63) is 78.1 Å². The molecule has 3 rings (SSSR count). The number of nitrogens with two attached hydrogens (primary N) is 1. The van der Waals surface area contributed by atoms with Crippen molar-refractivity contribution in [3.8, 4) is 11.4 Å². The number of aromatic nitrogens is 2. The standard InChI is InChI=1S/C20H16F2N4O3/c21-20(22)29-17-4-2-1-3-13(17)5-10-18(27)24-14-6-8-15(9-7-14)26-12-11-16(25-26)19(23)28/h1-12,20H,(H2,23,28)(H,24,27)/b10-5+. The van der Waals surface area contributed by atoms with Crippen LogP contribution >= 0.6 is 0 Å². The van der Waals surface area contributed by atoms with Gasteiger partial charge in [-0.15, -0.1) is 0 Å². The van der Waals surface area contributed by atoms with Gasteiger partial charge in [-0.2, -0.15) is 13.9 Å². The summed E-state index contributed by atoms with van der Waals surface area (Å²) in [6.45, 7) is -2.95. The summed E-state index contributed by atoms with van der Waals surface area (Å²) in [5, 5.41) is 6.70. The average molecular weight is 398 g/mol. The van der Waals surface area contributed by atoms with Crippen LogP contribution in [0.15, 0.2) is 66.9 Å². The molecule has 0 saturated heterocycles. The van der Waals surface area contributed by atoms with E-state index in [9.17, 15) is 18.4 Å². The van der Waals surface area contributed by atoms with Crippen LogP contribution in [0.25, 0.3) is 11.8 Å². The smallest absolute Gasteiger partial charge is 0.387 e. The normalized spacial score (nSPS) is 11.0. The van der Waals surface area contributed by atoms with Gasteiger partial charge in [-0.3, -0.25) is 9.59 Å². The third-order valence-corrected chi connectivity index (χ3v) is 3.79. The van der Waals surface area contributed by atoms with Crippen molar-refractivity contribution in [2.75, 3.05) is 5.32 Å². The Bertz CT molecular complexity index is 1050. The molecule has 3 aromatic rings. The van der Waals surface area contributed by atoms with Crippen LogP contribution in [0.2, 0.25) is 0 Å². The highest BCUT2D eigenvalue weighted by atomic mass is 19.3. The van der Waals surface area contributed by atoms with Crippen molar-refractivity contribution in [3.63, 3.8) is 0 Å². The van der Waals surface area contributed by atoms with Gasteiger partial charge in [0.15, 0.2) is 0 Å². The average Bonchev–Trinajstić information content (AvgIpc) is 3.18. The lowest BCUT2D eigenvalue weighted by atomic mass is 10.2. The van der Waals surface area contributed by atoms with Gasteiger partial charge in [0.05, 0.1) is 5.69 Å². The number of halogens is 2. The number of ether oxygens (including phenoxy) is 1. The number of para-hydroxylation sites is 1. The highest BCUT2D eigenvalue weighted by molar-refractivity contribution is 6.02. The zero-order valence-electron chi connectivity index (χ0n) is 15.0. The van der Waals surface area contributed by atoms with E-state index in [2.05, 4.69) is 15.2 Å². The number of anilines is 1. The van der Waals surface area contributed by atoms with E-state index >= 15 is 0 Å². The summed E-state index contributed by atoms with van der Waals surface area (Å²) >= 11 is 0. The fraction of sp³-hybridized carbons (Fsp3) is 0.0500. The van der Waals surface area contributed by atoms with Crippen LogP contribution in [-0.2, 0) is 4.79 Å². The molecule has 7 nitrogen and oxygen atoms in total. The number of nitrogens with one attached hydrogen (secondary N) is 1. The third kappa shape index (κ3) is 5.25. The maximum absolute atomic E-state index is 12.4. The number of hydrogen-bond donors (Lipinski definition) is 2. The van der Waals surface area contributed by atoms with E-state index < -0.39 is 18.4 Å². The van der Waals surface area contributed by atoms with Crippen LogP contribution in [0.4, 0.5) is 14.5 Å². The molecule has 29 heavy (non-hydrogen) atoms. The van der Waals surface area contributed by atoms with Crippen molar-refractivity contribution in [1.82, 2.24) is 9.78 Å². The summed E-state index contributed by atoms with van der Waals surface area (Å²) in [5.41, 5.74) is 6.85. The summed E-state index contributed by atoms with van der Waals surface area (Å²) in [6, 6.07) is 14.4. The van der Waals surface area contributed by atoms with Gasteiger partial charge in [0.1, 0.15) is 11.4 Å². The first-order chi connectivity index (χ1) is 13.9. The Morgan fingerprint density at radius 2 is 1.83 bits per heavy atom. The molecule has 9 heteroatoms. The molecule has 0 radical (unpaired) electrons. The maximum Gasteiger partial charge on any atom is 0.387 e. The van der Waals surface area contributed by atoms with E-state index in [0.717, 1.165) is 0 Å². The van der Waals surface area contributed by atoms with Gasteiger partial charge in [-0.25, -0.2) is 4.68 Å². The number of primary amides is 1. The van der Waals surface area contributed by atoms with E-state index in [0.29, 0.717) is 16.9 Å². The predicted molar refractivity (Wildman–Crippen MR) is 103 cm³/mol. The Labute approximate surface area is 164 Å². The van der Waals surface area contributed by atoms with E-state index in [1.54, 1.807) is 48.7 Å². The van der Waals surface area contributed by atoms with Crippen LogP contribution in [0.1, 0.15) is 16.1 Å². The maximum atomic E-state index is 12.4. The zero-order valence-corrected chi connectivity index (χ0v) is 15.0. The van der Waals surface area contributed by atoms with Gasteiger partial charge in [-0.05, 0) is 42.5 Å². The number of rotatable bonds is 7. The molecule has 148 valence electrons. The van der Waals surface area contributed by atoms with Gasteiger partial charge in [0, 0.05) is 23.5 Å². The first kappa shape index (κ1) is 19.7. The number of nitrogens with zero attached hydrogens (tertiary/aromatic N) is 2. The lowest BCUT2D eigenvalue weighted by Crippen LogP contribution is -2.12. The van der Waals surface area contributed by atoms with E-state index in [1.807, 2.05) is 0 Å². The molecule has 0 atom stereocenters. The van der Waals surface area contributed by atoms with Gasteiger partial charge < -0.3 is 15.8 Å². The molecule has 0 fully saturated rings. The van der Waals surface area contributed by atoms with Crippen LogP contribution in [0.5, 0.6) is 5.75 Å². The summed E-state index contributed by atoms with van der Waals surface area (Å²) in [6.07, 6.45) is 4.19. The molecule has 1 aromatic heterocycles. The number of hydrogen-bond acceptors (Lipinski definition) is 4. The molecule has 2 aromatic carbocycles. The predicted octanol–water partition coefficient (Wildman–Crippen LogP) is 3.22. The van der Waals surface area contributed by atoms with Crippen LogP contribution in [0, 0.1) is 0 Å². The van der Waals surface area contributed by atoms with E-state index in [4.69, 9.17) is 5.73 Å². The Kier molecular flexibility index (Phi) is 5.98. The van der Waals surface area contributed by atoms with E-state index in [-0.39, 0.29) is 11.4 Å². The molecule has 1 heterocycles. The van der Waals surface area contributed by atoms with Crippen LogP contribution in [0.3, 0.4) is 0 Å². The second-order valence-electron chi connectivity index (χ2n) is 5.80. The summed E-state index contributed by atoms with van der Waals surface area (Å²) < 4.78 is 30.7. The number of carbonyl (C=O) groups excluding carboxylic acids is 2. The Morgan fingerprint density at radius 1 is 1.10 bits per heavy atom. The van der Waals surface area contributed by atoms with Crippen molar-refractivity contribution in [1.29, 1.82) is 0 Å². The minimum absolute atomic E-state index is 0.0227. The minimum atomic E-state index is -2.95. The van der Waals surface area contributed by atoms with Gasteiger partial charge in [0.25, 0.3) is 5.91 Å². The SMILES string of the molecule is NC(=O)c1ccn(-c2ccc(NC(=O)/C=C/c3ccccc3OC(F)F)cc2)n1. The van der Waals surface area contributed by atoms with E-state index in [1.165, 1.54) is 29.0 Å². The lowest BCUT2D eigenvalue weighted by molar-refractivity contribution is -0.111. The molecule has 0 bridgehead atoms. The Hall–Kier alpha value is -4.01. The van der Waals surface area contributed by atoms with Crippen LogP contribution in [-0.4, -0.2) is 28.2 Å². The topological polar surface area (TPSA) is 99.2 Å². The molecule has 0 aliphatic heterocycles. The van der Waals surface area contributed by atoms with Crippen molar-refractivity contribution >= 4 is 23.6 Å². The van der Waals surface area contributed by atoms with Gasteiger partial charge in [0.2, 0.25) is 5.91 Å². The second kappa shape index (κ2) is 8.79. The zero-order chi connectivity index (χ0) is 20.8. The van der Waals surface area contributed by atoms with Gasteiger partial charge in [-0.1, -0.05) is 18.2 Å². The number of amides is 2. The quantitative estimate of drug-likeness (QED) is 0.597. The van der Waals surface area contributed by atoms with Crippen molar-refractivity contribution in [2.24, 2.45) is 5.73 Å². The molecule has 3 N–H and O–H groups in total.